The van der Waals surface area contributed by atoms with Crippen LogP contribution in [-0.4, -0.2) is 4.98 Å². The average molecular weight is 695 g/mol. The van der Waals surface area contributed by atoms with Crippen LogP contribution in [0.5, 0.6) is 0 Å². The summed E-state index contributed by atoms with van der Waals surface area (Å²) < 4.78 is 0. The zero-order chi connectivity index (χ0) is 26.8. The molecule has 1 aliphatic carbocycles. The van der Waals surface area contributed by atoms with Gasteiger partial charge in [0.25, 0.3) is 0 Å². The van der Waals surface area contributed by atoms with Gasteiger partial charge in [-0.3, -0.25) is 0 Å². The third-order valence-corrected chi connectivity index (χ3v) is 8.60. The molecule has 1 nitrogen and oxygen atoms in total. The van der Waals surface area contributed by atoms with Crippen LogP contribution in [0.4, 0.5) is 0 Å². The summed E-state index contributed by atoms with van der Waals surface area (Å²) in [5, 5.41) is 3.55. The average Bonchev–Trinajstić information content (AvgIpc) is 3.16. The van der Waals surface area contributed by atoms with Gasteiger partial charge < -0.3 is 4.98 Å². The van der Waals surface area contributed by atoms with Crippen molar-refractivity contribution >= 4 is 21.7 Å². The van der Waals surface area contributed by atoms with E-state index in [0.29, 0.717) is 0 Å². The monoisotopic (exact) mass is 695 g/mol. The van der Waals surface area contributed by atoms with Gasteiger partial charge >= 0.3 is 0 Å². The summed E-state index contributed by atoms with van der Waals surface area (Å²) in [7, 11) is 0. The van der Waals surface area contributed by atoms with Crippen molar-refractivity contribution in [3.63, 3.8) is 0 Å². The largest absolute Gasteiger partial charge is 0.304 e. The van der Waals surface area contributed by atoms with E-state index in [1.807, 2.05) is 0 Å². The molecular formula is C38H32IrN-. The van der Waals surface area contributed by atoms with Crippen molar-refractivity contribution in [2.75, 3.05) is 0 Å². The molecule has 0 amide bonds. The Kier molecular flexibility index (Phi) is 6.53. The molecule has 0 spiro atoms. The second kappa shape index (κ2) is 9.80. The van der Waals surface area contributed by atoms with E-state index < -0.39 is 0 Å². The third-order valence-electron chi connectivity index (χ3n) is 8.60. The molecule has 1 aliphatic rings. The van der Waals surface area contributed by atoms with Gasteiger partial charge in [0, 0.05) is 26.3 Å². The number of nitrogens with zero attached hydrogens (tertiary/aromatic N) is 1. The van der Waals surface area contributed by atoms with E-state index >= 15 is 0 Å². The first-order valence-electron chi connectivity index (χ1n) is 13.9. The van der Waals surface area contributed by atoms with Gasteiger partial charge in [0.05, 0.1) is 0 Å². The van der Waals surface area contributed by atoms with Crippen molar-refractivity contribution in [1.29, 1.82) is 0 Å². The van der Waals surface area contributed by atoms with Crippen LogP contribution >= 0.6 is 0 Å². The van der Waals surface area contributed by atoms with Gasteiger partial charge in [0.1, 0.15) is 0 Å². The number of hydrogen-bond donors (Lipinski definition) is 0. The first-order chi connectivity index (χ1) is 18.9. The fourth-order valence-corrected chi connectivity index (χ4v) is 7.24. The normalized spacial score (nSPS) is 15.1. The van der Waals surface area contributed by atoms with Crippen LogP contribution in [0.25, 0.3) is 55.1 Å². The quantitative estimate of drug-likeness (QED) is 0.133. The molecule has 1 aromatic heterocycles. The summed E-state index contributed by atoms with van der Waals surface area (Å²) in [4.78, 5) is 5.11. The van der Waals surface area contributed by atoms with Crippen LogP contribution in [0.15, 0.2) is 109 Å². The SMILES string of the molecule is CC1(C)CC(C)(C)c2c1cnc1c2ccc2c(-c3c(-c4ccccc4)cccc3-c3ccccc3)cc[c-]c21.[Ir]. The minimum absolute atomic E-state index is 0. The molecule has 199 valence electrons. The number of rotatable bonds is 3. The number of benzene rings is 5. The fourth-order valence-electron chi connectivity index (χ4n) is 7.24. The second-order valence-electron chi connectivity index (χ2n) is 12.2. The van der Waals surface area contributed by atoms with Gasteiger partial charge in [-0.15, -0.1) is 23.6 Å². The standard InChI is InChI=1S/C38H32N.Ir/c1-37(2)24-38(3,4)35-32-22-21-29-30(19-12-20-31(29)36(32)39-23-33(35)37)34-27(25-13-7-5-8-14-25)17-11-18-28(34)26-15-9-6-10-16-26;/h5-19,21-23H,24H2,1-4H3;/q-1;. The maximum atomic E-state index is 5.11. The van der Waals surface area contributed by atoms with Crippen molar-refractivity contribution in [2.45, 2.75) is 44.9 Å². The summed E-state index contributed by atoms with van der Waals surface area (Å²) in [6, 6.07) is 40.6. The zero-order valence-electron chi connectivity index (χ0n) is 23.4. The Morgan fingerprint density at radius 1 is 0.625 bits per heavy atom. The minimum atomic E-state index is 0. The Morgan fingerprint density at radius 3 is 1.85 bits per heavy atom. The van der Waals surface area contributed by atoms with E-state index in [-0.39, 0.29) is 30.9 Å². The second-order valence-corrected chi connectivity index (χ2v) is 12.2. The van der Waals surface area contributed by atoms with E-state index in [9.17, 15) is 0 Å². The molecule has 0 unspecified atom stereocenters. The maximum absolute atomic E-state index is 5.11. The molecule has 1 radical (unpaired) electrons. The van der Waals surface area contributed by atoms with Gasteiger partial charge in [-0.05, 0) is 67.1 Å². The van der Waals surface area contributed by atoms with Crippen LogP contribution in [0.3, 0.4) is 0 Å². The zero-order valence-corrected chi connectivity index (χ0v) is 25.8. The van der Waals surface area contributed by atoms with Crippen LogP contribution in [-0.2, 0) is 30.9 Å². The number of fused-ring (bicyclic) bond motifs is 5. The van der Waals surface area contributed by atoms with Gasteiger partial charge in [-0.2, -0.15) is 0 Å². The first kappa shape index (κ1) is 26.6. The van der Waals surface area contributed by atoms with E-state index in [1.165, 1.54) is 55.3 Å². The van der Waals surface area contributed by atoms with Crippen molar-refractivity contribution in [3.05, 3.63) is 127 Å². The summed E-state index contributed by atoms with van der Waals surface area (Å²) >= 11 is 0. The van der Waals surface area contributed by atoms with E-state index in [0.717, 1.165) is 17.3 Å². The molecule has 0 bridgehead atoms. The maximum Gasteiger partial charge on any atom is 0.0201 e. The van der Waals surface area contributed by atoms with Crippen molar-refractivity contribution in [2.24, 2.45) is 0 Å². The first-order valence-corrected chi connectivity index (χ1v) is 13.9. The van der Waals surface area contributed by atoms with Crippen LogP contribution in [0.2, 0.25) is 0 Å². The molecule has 0 aliphatic heterocycles. The van der Waals surface area contributed by atoms with Gasteiger partial charge in [0.15, 0.2) is 0 Å². The van der Waals surface area contributed by atoms with Crippen LogP contribution in [0, 0.1) is 6.07 Å². The smallest absolute Gasteiger partial charge is 0.0201 e. The predicted octanol–water partition coefficient (Wildman–Crippen LogP) is 10.1. The molecule has 0 fully saturated rings. The molecule has 5 aromatic carbocycles. The molecule has 0 atom stereocenters. The van der Waals surface area contributed by atoms with E-state index in [4.69, 9.17) is 4.98 Å². The van der Waals surface area contributed by atoms with Crippen molar-refractivity contribution in [3.8, 4) is 33.4 Å². The van der Waals surface area contributed by atoms with Gasteiger partial charge in [-0.25, -0.2) is 0 Å². The fraction of sp³-hybridized carbons (Fsp3) is 0.184. The molecule has 2 heteroatoms. The molecule has 0 saturated carbocycles. The summed E-state index contributed by atoms with van der Waals surface area (Å²) in [5.74, 6) is 0. The summed E-state index contributed by atoms with van der Waals surface area (Å²) in [5.41, 5.74) is 11.5. The number of aromatic nitrogens is 1. The molecule has 7 rings (SSSR count). The Bertz CT molecular complexity index is 1810. The molecule has 0 saturated heterocycles. The van der Waals surface area contributed by atoms with Crippen LogP contribution in [0.1, 0.15) is 45.2 Å². The number of pyridine rings is 1. The Labute approximate surface area is 250 Å². The van der Waals surface area contributed by atoms with Crippen molar-refractivity contribution < 1.29 is 20.1 Å². The Balaban J connectivity index is 0.00000289. The molecule has 1 heterocycles. The van der Waals surface area contributed by atoms with Gasteiger partial charge in [0.2, 0.25) is 0 Å². The molecule has 40 heavy (non-hydrogen) atoms. The summed E-state index contributed by atoms with van der Waals surface area (Å²) in [6.07, 6.45) is 3.27. The van der Waals surface area contributed by atoms with E-state index in [2.05, 4.69) is 143 Å². The predicted molar refractivity (Wildman–Crippen MR) is 165 cm³/mol. The number of hydrogen-bond acceptors (Lipinski definition) is 1. The molecular weight excluding hydrogens is 663 g/mol. The molecule has 0 N–H and O–H groups in total. The molecule has 6 aromatic rings. The van der Waals surface area contributed by atoms with Crippen LogP contribution < -0.4 is 0 Å². The van der Waals surface area contributed by atoms with Gasteiger partial charge in [-0.1, -0.05) is 130 Å². The van der Waals surface area contributed by atoms with E-state index in [1.54, 1.807) is 0 Å². The topological polar surface area (TPSA) is 12.9 Å². The Morgan fingerprint density at radius 2 is 1.23 bits per heavy atom. The summed E-state index contributed by atoms with van der Waals surface area (Å²) in [6.45, 7) is 9.47. The minimum Gasteiger partial charge on any atom is -0.304 e. The van der Waals surface area contributed by atoms with Crippen molar-refractivity contribution in [1.82, 2.24) is 4.98 Å². The third kappa shape index (κ3) is 4.13. The Hall–Kier alpha value is -3.58.